The van der Waals surface area contributed by atoms with Crippen LogP contribution in [0.3, 0.4) is 0 Å². The van der Waals surface area contributed by atoms with Crippen LogP contribution in [0.4, 0.5) is 5.82 Å². The predicted molar refractivity (Wildman–Crippen MR) is 104 cm³/mol. The number of hydrogen-bond acceptors (Lipinski definition) is 5. The van der Waals surface area contributed by atoms with Crippen molar-refractivity contribution in [2.24, 2.45) is 0 Å². The van der Waals surface area contributed by atoms with E-state index in [-0.39, 0.29) is 12.2 Å². The van der Waals surface area contributed by atoms with Crippen molar-refractivity contribution in [2.75, 3.05) is 11.4 Å². The van der Waals surface area contributed by atoms with Gasteiger partial charge in [-0.2, -0.15) is 0 Å². The van der Waals surface area contributed by atoms with Crippen molar-refractivity contribution in [2.45, 2.75) is 19.5 Å². The Kier molecular flexibility index (Phi) is 4.76. The lowest BCUT2D eigenvalue weighted by Crippen LogP contribution is -2.33. The van der Waals surface area contributed by atoms with Gasteiger partial charge in [0.2, 0.25) is 0 Å². The van der Waals surface area contributed by atoms with Gasteiger partial charge in [-0.25, -0.2) is 9.78 Å². The molecule has 1 amide bonds. The summed E-state index contributed by atoms with van der Waals surface area (Å²) >= 11 is 0. The molecule has 0 radical (unpaired) electrons. The minimum atomic E-state index is -0.716. The number of aromatic nitrogens is 3. The Balaban J connectivity index is 1.52. The van der Waals surface area contributed by atoms with Gasteiger partial charge in [0.25, 0.3) is 11.5 Å². The largest absolute Gasteiger partial charge is 0.352 e. The monoisotopic (exact) mass is 377 g/mol. The van der Waals surface area contributed by atoms with E-state index in [9.17, 15) is 14.4 Å². The highest BCUT2D eigenvalue weighted by atomic mass is 16.2. The summed E-state index contributed by atoms with van der Waals surface area (Å²) in [6.45, 7) is 1.83. The number of pyridine rings is 1. The smallest absolute Gasteiger partial charge is 0.326 e. The van der Waals surface area contributed by atoms with E-state index in [0.717, 1.165) is 37.0 Å². The molecule has 3 heterocycles. The molecule has 2 aromatic heterocycles. The van der Waals surface area contributed by atoms with E-state index >= 15 is 0 Å². The van der Waals surface area contributed by atoms with Crippen molar-refractivity contribution in [3.8, 4) is 0 Å². The fraction of sp³-hybridized carbons (Fsp3) is 0.200. The first-order chi connectivity index (χ1) is 13.6. The first kappa shape index (κ1) is 17.7. The molecule has 0 saturated carbocycles. The third-order valence-corrected chi connectivity index (χ3v) is 4.74. The zero-order valence-electron chi connectivity index (χ0n) is 15.1. The second-order valence-electron chi connectivity index (χ2n) is 6.61. The van der Waals surface area contributed by atoms with Crippen molar-refractivity contribution in [3.05, 3.63) is 91.9 Å². The summed E-state index contributed by atoms with van der Waals surface area (Å²) in [6, 6.07) is 13.1. The summed E-state index contributed by atoms with van der Waals surface area (Å²) in [5.41, 5.74) is 2.07. The molecule has 8 nitrogen and oxygen atoms in total. The molecule has 3 N–H and O–H groups in total. The summed E-state index contributed by atoms with van der Waals surface area (Å²) in [5.74, 6) is 0.290. The van der Waals surface area contributed by atoms with Crippen LogP contribution in [-0.2, 0) is 19.5 Å². The van der Waals surface area contributed by atoms with Gasteiger partial charge in [0, 0.05) is 37.5 Å². The summed E-state index contributed by atoms with van der Waals surface area (Å²) in [5, 5.41) is 2.74. The van der Waals surface area contributed by atoms with Crippen LogP contribution in [0.1, 0.15) is 27.2 Å². The summed E-state index contributed by atoms with van der Waals surface area (Å²) in [6.07, 6.45) is 2.67. The van der Waals surface area contributed by atoms with Gasteiger partial charge in [-0.1, -0.05) is 30.3 Å². The normalized spacial score (nSPS) is 13.1. The molecule has 1 aliphatic rings. The highest BCUT2D eigenvalue weighted by Gasteiger charge is 2.19. The number of amides is 1. The second kappa shape index (κ2) is 7.51. The molecule has 4 rings (SSSR count). The van der Waals surface area contributed by atoms with Crippen LogP contribution in [0.15, 0.2) is 58.3 Å². The molecule has 0 aliphatic carbocycles. The lowest BCUT2D eigenvalue weighted by Gasteiger charge is -2.31. The van der Waals surface area contributed by atoms with Gasteiger partial charge in [-0.15, -0.1) is 0 Å². The van der Waals surface area contributed by atoms with Crippen molar-refractivity contribution in [1.82, 2.24) is 20.3 Å². The maximum absolute atomic E-state index is 12.3. The van der Waals surface area contributed by atoms with Crippen molar-refractivity contribution in [3.63, 3.8) is 0 Å². The molecule has 0 atom stereocenters. The number of rotatable bonds is 4. The van der Waals surface area contributed by atoms with Gasteiger partial charge in [-0.3, -0.25) is 14.6 Å². The van der Waals surface area contributed by atoms with E-state index < -0.39 is 17.2 Å². The number of anilines is 1. The van der Waals surface area contributed by atoms with Gasteiger partial charge in [-0.05, 0) is 23.6 Å². The fourth-order valence-electron chi connectivity index (χ4n) is 3.39. The number of nitrogens with zero attached hydrogens (tertiary/aromatic N) is 2. The van der Waals surface area contributed by atoms with Crippen LogP contribution >= 0.6 is 0 Å². The first-order valence-electron chi connectivity index (χ1n) is 8.97. The van der Waals surface area contributed by atoms with Gasteiger partial charge in [0.15, 0.2) is 0 Å². The topological polar surface area (TPSA) is 111 Å². The highest BCUT2D eigenvalue weighted by Crippen LogP contribution is 2.25. The van der Waals surface area contributed by atoms with E-state index in [1.807, 2.05) is 23.2 Å². The molecule has 28 heavy (non-hydrogen) atoms. The number of carbonyl (C=O) groups excluding carboxylic acids is 1. The van der Waals surface area contributed by atoms with Gasteiger partial charge >= 0.3 is 5.69 Å². The van der Waals surface area contributed by atoms with Crippen LogP contribution in [0.5, 0.6) is 0 Å². The molecule has 1 aromatic carbocycles. The van der Waals surface area contributed by atoms with E-state index in [2.05, 4.69) is 38.4 Å². The van der Waals surface area contributed by atoms with E-state index in [1.165, 1.54) is 11.1 Å². The zero-order valence-corrected chi connectivity index (χ0v) is 15.1. The van der Waals surface area contributed by atoms with Crippen LogP contribution in [0.25, 0.3) is 0 Å². The number of carbonyl (C=O) groups is 1. The van der Waals surface area contributed by atoms with Crippen LogP contribution in [0, 0.1) is 0 Å². The third kappa shape index (κ3) is 3.71. The third-order valence-electron chi connectivity index (χ3n) is 4.74. The van der Waals surface area contributed by atoms with E-state index in [0.29, 0.717) is 0 Å². The quantitative estimate of drug-likeness (QED) is 0.627. The molecular formula is C20H19N5O3. The highest BCUT2D eigenvalue weighted by molar-refractivity contribution is 5.92. The maximum atomic E-state index is 12.3. The standard InChI is InChI=1S/C20H19N5O3/c26-17-10-16(23-20(28)24-17)19(27)22-11-14-6-3-8-21-18(14)25-9-7-13-4-1-2-5-15(13)12-25/h1-6,8,10H,7,9,11-12H2,(H,22,27)(H2,23,24,26,28). The molecular weight excluding hydrogens is 358 g/mol. The Labute approximate surface area is 160 Å². The SMILES string of the molecule is O=C(NCc1cccnc1N1CCc2ccccc2C1)c1cc(=O)[nH]c(=O)[nH]1. The Morgan fingerprint density at radius 1 is 1.11 bits per heavy atom. The average molecular weight is 377 g/mol. The Bertz CT molecular complexity index is 1110. The van der Waals surface area contributed by atoms with Crippen LogP contribution < -0.4 is 21.5 Å². The number of hydrogen-bond donors (Lipinski definition) is 3. The Hall–Kier alpha value is -3.68. The maximum Gasteiger partial charge on any atom is 0.326 e. The van der Waals surface area contributed by atoms with Gasteiger partial charge in [0.1, 0.15) is 11.5 Å². The van der Waals surface area contributed by atoms with Gasteiger partial charge < -0.3 is 15.2 Å². The molecule has 8 heteroatoms. The zero-order chi connectivity index (χ0) is 19.5. The van der Waals surface area contributed by atoms with E-state index in [1.54, 1.807) is 6.20 Å². The molecule has 0 spiro atoms. The Morgan fingerprint density at radius 3 is 2.75 bits per heavy atom. The average Bonchev–Trinajstić information content (AvgIpc) is 2.71. The minimum Gasteiger partial charge on any atom is -0.352 e. The predicted octanol–water partition coefficient (Wildman–Crippen LogP) is 0.951. The van der Waals surface area contributed by atoms with Crippen molar-refractivity contribution < 1.29 is 4.79 Å². The van der Waals surface area contributed by atoms with Crippen molar-refractivity contribution in [1.29, 1.82) is 0 Å². The molecule has 0 bridgehead atoms. The van der Waals surface area contributed by atoms with Crippen LogP contribution in [-0.4, -0.2) is 27.4 Å². The van der Waals surface area contributed by atoms with Crippen molar-refractivity contribution >= 4 is 11.7 Å². The fourth-order valence-corrected chi connectivity index (χ4v) is 3.39. The summed E-state index contributed by atoms with van der Waals surface area (Å²) in [7, 11) is 0. The molecule has 142 valence electrons. The van der Waals surface area contributed by atoms with E-state index in [4.69, 9.17) is 0 Å². The number of H-pyrrole nitrogens is 2. The minimum absolute atomic E-state index is 0.0777. The van der Waals surface area contributed by atoms with Crippen LogP contribution in [0.2, 0.25) is 0 Å². The number of benzene rings is 1. The Morgan fingerprint density at radius 2 is 1.93 bits per heavy atom. The molecule has 1 aliphatic heterocycles. The summed E-state index contributed by atoms with van der Waals surface area (Å²) < 4.78 is 0. The molecule has 0 fully saturated rings. The number of aromatic amines is 2. The summed E-state index contributed by atoms with van der Waals surface area (Å²) in [4.78, 5) is 46.1. The lowest BCUT2D eigenvalue weighted by atomic mass is 9.99. The number of nitrogens with one attached hydrogen (secondary N) is 3. The molecule has 0 unspecified atom stereocenters. The molecule has 3 aromatic rings. The molecule has 0 saturated heterocycles. The first-order valence-corrected chi connectivity index (χ1v) is 8.97. The van der Waals surface area contributed by atoms with Gasteiger partial charge in [0.05, 0.1) is 0 Å². The second-order valence-corrected chi connectivity index (χ2v) is 6.61. The lowest BCUT2D eigenvalue weighted by molar-refractivity contribution is 0.0945. The number of fused-ring (bicyclic) bond motifs is 1.